The second-order valence-electron chi connectivity index (χ2n) is 20.8. The summed E-state index contributed by atoms with van der Waals surface area (Å²) in [6.07, 6.45) is 10.3. The van der Waals surface area contributed by atoms with Crippen LogP contribution in [0.4, 0.5) is 0 Å². The van der Waals surface area contributed by atoms with Crippen LogP contribution in [0.2, 0.25) is 0 Å². The molecule has 6 rings (SSSR count). The van der Waals surface area contributed by atoms with Crippen molar-refractivity contribution in [1.29, 1.82) is 0 Å². The maximum absolute atomic E-state index is 14.1. The number of carbonyl (C=O) groups is 4. The van der Waals surface area contributed by atoms with Gasteiger partial charge in [-0.3, -0.25) is 19.2 Å². The normalized spacial score (nSPS) is 39.1. The lowest BCUT2D eigenvalue weighted by molar-refractivity contribution is -0.235. The highest BCUT2D eigenvalue weighted by atomic mass is 16.5. The topological polar surface area (TPSA) is 121 Å². The van der Waals surface area contributed by atoms with E-state index in [-0.39, 0.29) is 57.7 Å². The fourth-order valence-electron chi connectivity index (χ4n) is 13.6. The summed E-state index contributed by atoms with van der Waals surface area (Å²) in [6, 6.07) is 0. The summed E-state index contributed by atoms with van der Waals surface area (Å²) in [5.74, 6) is 0.414. The summed E-state index contributed by atoms with van der Waals surface area (Å²) in [5.41, 5.74) is 0.191. The van der Waals surface area contributed by atoms with Gasteiger partial charge in [0.05, 0.1) is 17.9 Å². The van der Waals surface area contributed by atoms with E-state index in [1.54, 1.807) is 20.8 Å². The van der Waals surface area contributed by atoms with E-state index in [0.29, 0.717) is 37.3 Å². The van der Waals surface area contributed by atoms with Crippen LogP contribution in [0, 0.1) is 62.1 Å². The number of hydrogen-bond donors (Lipinski definition) is 2. The van der Waals surface area contributed by atoms with Gasteiger partial charge in [0.1, 0.15) is 6.10 Å². The van der Waals surface area contributed by atoms with Crippen LogP contribution in [0.1, 0.15) is 153 Å². The second kappa shape index (κ2) is 13.2. The first-order chi connectivity index (χ1) is 24.0. The molecule has 1 unspecified atom stereocenters. The molecule has 8 heteroatoms. The number of esters is 1. The monoisotopic (exact) mass is 724 g/mol. The third kappa shape index (κ3) is 5.93. The molecule has 2 N–H and O–H groups in total. The number of nitrogens with zero attached hydrogens (tertiary/aromatic N) is 1. The van der Waals surface area contributed by atoms with Gasteiger partial charge >= 0.3 is 11.9 Å². The number of ketones is 1. The molecule has 292 valence electrons. The van der Waals surface area contributed by atoms with Crippen LogP contribution in [0.3, 0.4) is 0 Å². The number of aliphatic carboxylic acids is 1. The lowest BCUT2D eigenvalue weighted by Crippen LogP contribution is -2.66. The Morgan fingerprint density at radius 2 is 1.58 bits per heavy atom. The zero-order valence-electron chi connectivity index (χ0n) is 34.0. The molecule has 0 aliphatic heterocycles. The van der Waals surface area contributed by atoms with E-state index in [9.17, 15) is 29.4 Å². The van der Waals surface area contributed by atoms with Gasteiger partial charge in [-0.2, -0.15) is 0 Å². The zero-order valence-corrected chi connectivity index (χ0v) is 34.0. The van der Waals surface area contributed by atoms with Gasteiger partial charge in [0, 0.05) is 37.3 Å². The van der Waals surface area contributed by atoms with Gasteiger partial charge in [0.15, 0.2) is 5.78 Å². The van der Waals surface area contributed by atoms with Gasteiger partial charge in [-0.15, -0.1) is 0 Å². The first-order valence-electron chi connectivity index (χ1n) is 20.7. The van der Waals surface area contributed by atoms with E-state index in [2.05, 4.69) is 48.5 Å². The fraction of sp³-hybridized carbons (Fsp3) is 0.864. The number of aliphatic hydroxyl groups is 1. The molecule has 8 nitrogen and oxygen atoms in total. The molecule has 0 saturated heterocycles. The van der Waals surface area contributed by atoms with E-state index in [4.69, 9.17) is 4.74 Å². The Balaban J connectivity index is 1.29. The second-order valence-corrected chi connectivity index (χ2v) is 20.8. The highest BCUT2D eigenvalue weighted by Gasteiger charge is 2.71. The van der Waals surface area contributed by atoms with Gasteiger partial charge < -0.3 is 19.8 Å². The molecule has 0 aromatic carbocycles. The predicted molar refractivity (Wildman–Crippen MR) is 201 cm³/mol. The van der Waals surface area contributed by atoms with Crippen LogP contribution in [0.5, 0.6) is 0 Å². The maximum Gasteiger partial charge on any atom is 0.309 e. The van der Waals surface area contributed by atoms with Crippen LogP contribution >= 0.6 is 0 Å². The highest BCUT2D eigenvalue weighted by molar-refractivity contribution is 6.00. The molecule has 5 fully saturated rings. The molecule has 52 heavy (non-hydrogen) atoms. The summed E-state index contributed by atoms with van der Waals surface area (Å²) in [4.78, 5) is 53.7. The summed E-state index contributed by atoms with van der Waals surface area (Å²) in [6.45, 7) is 22.1. The molecule has 0 aromatic rings. The largest absolute Gasteiger partial charge is 0.481 e. The van der Waals surface area contributed by atoms with Crippen molar-refractivity contribution in [3.05, 3.63) is 11.1 Å². The zero-order chi connectivity index (χ0) is 38.4. The number of amides is 1. The number of rotatable bonds is 10. The van der Waals surface area contributed by atoms with Gasteiger partial charge in [-0.1, -0.05) is 60.5 Å². The van der Waals surface area contributed by atoms with Gasteiger partial charge in [-0.25, -0.2) is 0 Å². The van der Waals surface area contributed by atoms with Crippen molar-refractivity contribution in [2.24, 2.45) is 62.1 Å². The van der Waals surface area contributed by atoms with Gasteiger partial charge in [0.25, 0.3) is 0 Å². The van der Waals surface area contributed by atoms with Crippen molar-refractivity contribution in [1.82, 2.24) is 4.90 Å². The van der Waals surface area contributed by atoms with Crippen molar-refractivity contribution >= 4 is 23.6 Å². The molecule has 6 aliphatic rings. The Hall–Kier alpha value is -2.22. The van der Waals surface area contributed by atoms with Crippen LogP contribution < -0.4 is 0 Å². The maximum atomic E-state index is 14.1. The first-order valence-corrected chi connectivity index (χ1v) is 20.7. The molecule has 0 bridgehead atoms. The molecular weight excluding hydrogens is 654 g/mol. The first kappa shape index (κ1) is 39.5. The van der Waals surface area contributed by atoms with Crippen LogP contribution in [-0.2, 0) is 23.9 Å². The molecule has 0 heterocycles. The molecule has 9 atom stereocenters. The van der Waals surface area contributed by atoms with Crippen LogP contribution in [0.15, 0.2) is 11.1 Å². The Kier molecular flexibility index (Phi) is 10.0. The lowest BCUT2D eigenvalue weighted by Gasteiger charge is -2.72. The predicted octanol–water partition coefficient (Wildman–Crippen LogP) is 8.39. The molecule has 6 aliphatic carbocycles. The van der Waals surface area contributed by atoms with Crippen molar-refractivity contribution in [2.45, 2.75) is 165 Å². The fourth-order valence-corrected chi connectivity index (χ4v) is 13.6. The van der Waals surface area contributed by atoms with Gasteiger partial charge in [0.2, 0.25) is 5.91 Å². The Morgan fingerprint density at radius 1 is 0.904 bits per heavy atom. The van der Waals surface area contributed by atoms with Crippen LogP contribution in [-0.4, -0.2) is 64.0 Å². The minimum absolute atomic E-state index is 0.0106. The van der Waals surface area contributed by atoms with E-state index >= 15 is 0 Å². The summed E-state index contributed by atoms with van der Waals surface area (Å²) < 4.78 is 6.16. The molecule has 0 aromatic heterocycles. The van der Waals surface area contributed by atoms with E-state index in [1.165, 1.54) is 12.0 Å². The third-order valence-corrected chi connectivity index (χ3v) is 17.0. The Labute approximate surface area is 313 Å². The average Bonchev–Trinajstić information content (AvgIpc) is 3.32. The number of carboxylic acid groups (broad SMARTS) is 1. The number of Topliss-reactive ketones (excluding diaryl/α,β-unsaturated/α-hetero) is 1. The number of fused-ring (bicyclic) bond motifs is 7. The standard InChI is InChI=1S/C44H69NO7/c1-26(2)36-30(47)22-44(33(48)25-45(27(3)46)24-28-12-11-13-28)21-20-42(9)29(37(36)44)14-15-32-41(8)18-17-34(52-35(49)23-39(4,5)38(50)51)40(6,7)31(41)16-19-43(32,42)10/h26,28-29,31-34,48H,11-25H2,1-10H3,(H,50,51)/t29-,31?,32-,33+,34+,41+,42-,43-,44+/m1/s1. The highest BCUT2D eigenvalue weighted by Crippen LogP contribution is 2.77. The Bertz CT molecular complexity index is 1510. The van der Waals surface area contributed by atoms with Crippen LogP contribution in [0.25, 0.3) is 0 Å². The average molecular weight is 724 g/mol. The number of carbonyl (C=O) groups excluding carboxylic acids is 3. The van der Waals surface area contributed by atoms with Crippen molar-refractivity contribution in [3.8, 4) is 0 Å². The molecule has 0 spiro atoms. The minimum Gasteiger partial charge on any atom is -0.481 e. The summed E-state index contributed by atoms with van der Waals surface area (Å²) in [5, 5.41) is 21.9. The van der Waals surface area contributed by atoms with Crippen molar-refractivity contribution in [2.75, 3.05) is 13.1 Å². The summed E-state index contributed by atoms with van der Waals surface area (Å²) in [7, 11) is 0. The number of allylic oxidation sites excluding steroid dienone is 1. The number of hydrogen-bond acceptors (Lipinski definition) is 6. The third-order valence-electron chi connectivity index (χ3n) is 17.0. The SMILES string of the molecule is CC(=O)N(CC1CCC1)C[C@H](O)[C@@]12CC[C@]3(C)[C@H](CC[C@@H]4[C@@]5(C)CC[C@H](OC(=O)CC(C)(C)C(=O)O)C(C)(C)C5CC[C@]43C)C1=C(C(C)C)C(=O)C2. The van der Waals surface area contributed by atoms with E-state index in [0.717, 1.165) is 69.8 Å². The van der Waals surface area contributed by atoms with Crippen molar-refractivity contribution < 1.29 is 34.1 Å². The molecule has 5 saturated carbocycles. The van der Waals surface area contributed by atoms with E-state index in [1.807, 2.05) is 4.90 Å². The molecular formula is C44H69NO7. The quantitative estimate of drug-likeness (QED) is 0.217. The van der Waals surface area contributed by atoms with E-state index < -0.39 is 28.9 Å². The molecule has 1 amide bonds. The smallest absolute Gasteiger partial charge is 0.309 e. The minimum atomic E-state index is -1.17. The number of aliphatic hydroxyl groups excluding tert-OH is 1. The number of ether oxygens (including phenoxy) is 1. The lowest BCUT2D eigenvalue weighted by atomic mass is 9.33. The van der Waals surface area contributed by atoms with Gasteiger partial charge in [-0.05, 0) is 129 Å². The van der Waals surface area contributed by atoms with Crippen molar-refractivity contribution in [3.63, 3.8) is 0 Å². The summed E-state index contributed by atoms with van der Waals surface area (Å²) >= 11 is 0. The number of carboxylic acids is 1. The Morgan fingerprint density at radius 3 is 2.15 bits per heavy atom. The molecule has 0 radical (unpaired) electrons.